The van der Waals surface area contributed by atoms with Crippen LogP contribution in [0.3, 0.4) is 0 Å². The van der Waals surface area contributed by atoms with Crippen LogP contribution in [0.25, 0.3) is 0 Å². The molecular weight excluding hydrogens is 384 g/mol. The summed E-state index contributed by atoms with van der Waals surface area (Å²) in [6.07, 6.45) is 5.65. The van der Waals surface area contributed by atoms with E-state index in [0.717, 1.165) is 19.3 Å². The zero-order valence-corrected chi connectivity index (χ0v) is 17.3. The van der Waals surface area contributed by atoms with Crippen molar-refractivity contribution in [1.82, 2.24) is 20.0 Å². The second kappa shape index (κ2) is 8.36. The van der Waals surface area contributed by atoms with Crippen LogP contribution in [0.5, 0.6) is 0 Å². The van der Waals surface area contributed by atoms with Gasteiger partial charge in [0, 0.05) is 51.9 Å². The smallest absolute Gasteiger partial charge is 0.325 e. The van der Waals surface area contributed by atoms with Crippen molar-refractivity contribution in [1.29, 1.82) is 0 Å². The largest absolute Gasteiger partial charge is 0.340 e. The number of hydrogen-bond donors (Lipinski definition) is 1. The van der Waals surface area contributed by atoms with Gasteiger partial charge in [0.1, 0.15) is 15.4 Å². The van der Waals surface area contributed by atoms with Crippen molar-refractivity contribution >= 4 is 27.7 Å². The van der Waals surface area contributed by atoms with Gasteiger partial charge in [-0.2, -0.15) is 0 Å². The molecule has 10 heteroatoms. The first kappa shape index (κ1) is 21.0. The summed E-state index contributed by atoms with van der Waals surface area (Å²) in [5, 5.41) is 2.86. The van der Waals surface area contributed by atoms with Crippen LogP contribution in [0.2, 0.25) is 0 Å². The van der Waals surface area contributed by atoms with E-state index in [2.05, 4.69) is 5.32 Å². The number of nitrogens with zero attached hydrogens (tertiary/aromatic N) is 3. The van der Waals surface area contributed by atoms with Gasteiger partial charge in [-0.15, -0.1) is 0 Å². The quantitative estimate of drug-likeness (QED) is 0.604. The average Bonchev–Trinajstić information content (AvgIpc) is 2.88. The minimum Gasteiger partial charge on any atom is -0.340 e. The highest BCUT2D eigenvalue weighted by atomic mass is 32.2. The second-order valence-electron chi connectivity index (χ2n) is 8.13. The Morgan fingerprint density at radius 2 is 1.68 bits per heavy atom. The lowest BCUT2D eigenvalue weighted by atomic mass is 9.82. The van der Waals surface area contributed by atoms with E-state index < -0.39 is 15.4 Å². The second-order valence-corrected chi connectivity index (χ2v) is 10.4. The third kappa shape index (κ3) is 4.83. The van der Waals surface area contributed by atoms with Crippen LogP contribution < -0.4 is 5.32 Å². The molecule has 3 fully saturated rings. The Hall–Kier alpha value is -1.68. The maximum atomic E-state index is 12.7. The Morgan fingerprint density at radius 3 is 2.29 bits per heavy atom. The molecule has 1 spiro atoms. The molecule has 2 heterocycles. The third-order valence-electron chi connectivity index (χ3n) is 6.01. The van der Waals surface area contributed by atoms with Crippen molar-refractivity contribution in [3.8, 4) is 0 Å². The summed E-state index contributed by atoms with van der Waals surface area (Å²) in [4.78, 5) is 42.5. The van der Waals surface area contributed by atoms with Crippen LogP contribution in [-0.4, -0.2) is 97.8 Å². The van der Waals surface area contributed by atoms with E-state index >= 15 is 0 Å². The van der Waals surface area contributed by atoms with Crippen LogP contribution in [0.15, 0.2) is 0 Å². The standard InChI is InChI=1S/C18H30N4O5S/c1-28(26,27)14-13-20-9-11-21(12-10-20)15(23)5-8-22-16(24)18(19-17(22)25)6-3-2-4-7-18/h2-14H2,1H3,(H,19,25). The summed E-state index contributed by atoms with van der Waals surface area (Å²) < 4.78 is 22.5. The molecule has 1 saturated carbocycles. The summed E-state index contributed by atoms with van der Waals surface area (Å²) in [5.74, 6) is -0.141. The molecule has 158 valence electrons. The molecule has 0 unspecified atom stereocenters. The van der Waals surface area contributed by atoms with Gasteiger partial charge in [0.15, 0.2) is 0 Å². The van der Waals surface area contributed by atoms with Crippen LogP contribution >= 0.6 is 0 Å². The lowest BCUT2D eigenvalue weighted by molar-refractivity contribution is -0.135. The van der Waals surface area contributed by atoms with E-state index in [-0.39, 0.29) is 36.6 Å². The molecule has 0 aromatic carbocycles. The average molecular weight is 415 g/mol. The van der Waals surface area contributed by atoms with E-state index in [1.165, 1.54) is 11.2 Å². The molecule has 28 heavy (non-hydrogen) atoms. The van der Waals surface area contributed by atoms with Crippen LogP contribution in [0, 0.1) is 0 Å². The van der Waals surface area contributed by atoms with Gasteiger partial charge >= 0.3 is 6.03 Å². The van der Waals surface area contributed by atoms with E-state index in [1.54, 1.807) is 4.90 Å². The zero-order valence-electron chi connectivity index (χ0n) is 16.5. The highest BCUT2D eigenvalue weighted by Gasteiger charge is 2.51. The molecule has 0 atom stereocenters. The molecule has 3 aliphatic rings. The van der Waals surface area contributed by atoms with E-state index in [9.17, 15) is 22.8 Å². The number of nitrogens with one attached hydrogen (secondary N) is 1. The number of rotatable bonds is 6. The number of sulfone groups is 1. The minimum absolute atomic E-state index is 0.0760. The van der Waals surface area contributed by atoms with Gasteiger partial charge in [0.05, 0.1) is 5.75 Å². The number of imide groups is 1. The molecule has 0 aromatic heterocycles. The molecule has 4 amide bonds. The molecule has 0 radical (unpaired) electrons. The van der Waals surface area contributed by atoms with Crippen molar-refractivity contribution < 1.29 is 22.8 Å². The summed E-state index contributed by atoms with van der Waals surface area (Å²) in [6.45, 7) is 2.92. The maximum absolute atomic E-state index is 12.7. The monoisotopic (exact) mass is 414 g/mol. The molecule has 9 nitrogen and oxygen atoms in total. The molecule has 0 aromatic rings. The first-order valence-corrected chi connectivity index (χ1v) is 12.1. The number of amides is 4. The highest BCUT2D eigenvalue weighted by Crippen LogP contribution is 2.33. The van der Waals surface area contributed by atoms with Crippen molar-refractivity contribution in [3.63, 3.8) is 0 Å². The third-order valence-corrected chi connectivity index (χ3v) is 6.93. The summed E-state index contributed by atoms with van der Waals surface area (Å²) >= 11 is 0. The Bertz CT molecular complexity index is 724. The van der Waals surface area contributed by atoms with E-state index in [1.807, 2.05) is 4.90 Å². The van der Waals surface area contributed by atoms with Crippen molar-refractivity contribution in [2.45, 2.75) is 44.1 Å². The Morgan fingerprint density at radius 1 is 1.04 bits per heavy atom. The summed E-state index contributed by atoms with van der Waals surface area (Å²) in [7, 11) is -2.99. The number of carbonyl (C=O) groups is 3. The molecule has 0 bridgehead atoms. The molecule has 2 saturated heterocycles. The first-order valence-electron chi connectivity index (χ1n) is 10.0. The fourth-order valence-electron chi connectivity index (χ4n) is 4.25. The normalized spacial score (nSPS) is 23.3. The molecule has 3 rings (SSSR count). The van der Waals surface area contributed by atoms with Crippen LogP contribution in [0.4, 0.5) is 4.79 Å². The molecule has 1 aliphatic carbocycles. The zero-order chi connectivity index (χ0) is 20.4. The lowest BCUT2D eigenvalue weighted by Crippen LogP contribution is -2.50. The van der Waals surface area contributed by atoms with E-state index in [4.69, 9.17) is 0 Å². The van der Waals surface area contributed by atoms with Gasteiger partial charge in [-0.25, -0.2) is 13.2 Å². The molecule has 1 N–H and O–H groups in total. The SMILES string of the molecule is CS(=O)(=O)CCN1CCN(C(=O)CCN2C(=O)NC3(CCCCC3)C2=O)CC1. The maximum Gasteiger partial charge on any atom is 0.325 e. The van der Waals surface area contributed by atoms with Gasteiger partial charge in [-0.1, -0.05) is 19.3 Å². The summed E-state index contributed by atoms with van der Waals surface area (Å²) in [5.41, 5.74) is -0.746. The summed E-state index contributed by atoms with van der Waals surface area (Å²) in [6, 6.07) is -0.384. The lowest BCUT2D eigenvalue weighted by Gasteiger charge is -2.35. The predicted octanol–water partition coefficient (Wildman–Crippen LogP) is -0.180. The van der Waals surface area contributed by atoms with Crippen molar-refractivity contribution in [3.05, 3.63) is 0 Å². The minimum atomic E-state index is -2.99. The highest BCUT2D eigenvalue weighted by molar-refractivity contribution is 7.90. The first-order chi connectivity index (χ1) is 13.2. The number of urea groups is 1. The van der Waals surface area contributed by atoms with E-state index in [0.29, 0.717) is 45.6 Å². The number of piperazine rings is 1. The molecular formula is C18H30N4O5S. The van der Waals surface area contributed by atoms with Crippen molar-refractivity contribution in [2.75, 3.05) is 51.3 Å². The van der Waals surface area contributed by atoms with Gasteiger partial charge in [0.25, 0.3) is 5.91 Å². The van der Waals surface area contributed by atoms with Gasteiger partial charge in [-0.3, -0.25) is 19.4 Å². The van der Waals surface area contributed by atoms with Crippen LogP contribution in [0.1, 0.15) is 38.5 Å². The van der Waals surface area contributed by atoms with Crippen molar-refractivity contribution in [2.24, 2.45) is 0 Å². The molecule has 2 aliphatic heterocycles. The van der Waals surface area contributed by atoms with Gasteiger partial charge in [-0.05, 0) is 12.8 Å². The topological polar surface area (TPSA) is 107 Å². The Kier molecular flexibility index (Phi) is 6.28. The Balaban J connectivity index is 1.45. The van der Waals surface area contributed by atoms with Gasteiger partial charge in [0.2, 0.25) is 5.91 Å². The fraction of sp³-hybridized carbons (Fsp3) is 0.833. The number of hydrogen-bond acceptors (Lipinski definition) is 6. The predicted molar refractivity (Wildman–Crippen MR) is 103 cm³/mol. The fourth-order valence-corrected chi connectivity index (χ4v) is 4.84. The van der Waals surface area contributed by atoms with Crippen LogP contribution in [-0.2, 0) is 19.4 Å². The Labute approximate surface area is 166 Å². The number of carbonyl (C=O) groups excluding carboxylic acids is 3. The van der Waals surface area contributed by atoms with Gasteiger partial charge < -0.3 is 10.2 Å².